The second kappa shape index (κ2) is 6.29. The molecule has 0 aromatic heterocycles. The van der Waals surface area contributed by atoms with Gasteiger partial charge in [0, 0.05) is 4.90 Å². The molecule has 1 aromatic rings. The molecule has 0 spiro atoms. The number of quaternary nitrogens is 2. The Bertz CT molecular complexity index is 366. The van der Waals surface area contributed by atoms with Crippen molar-refractivity contribution in [2.75, 3.05) is 52.2 Å². The summed E-state index contributed by atoms with van der Waals surface area (Å²) in [6.45, 7) is 12.3. The van der Waals surface area contributed by atoms with Gasteiger partial charge in [-0.1, -0.05) is 43.8 Å². The van der Waals surface area contributed by atoms with E-state index >= 15 is 0 Å². The van der Waals surface area contributed by atoms with E-state index in [0.717, 1.165) is 0 Å². The summed E-state index contributed by atoms with van der Waals surface area (Å²) in [5.74, 6) is 1.27. The highest BCUT2D eigenvalue weighted by atomic mass is 32.2. The van der Waals surface area contributed by atoms with Crippen molar-refractivity contribution in [2.24, 2.45) is 0 Å². The number of thioether (sulfide) groups is 1. The summed E-state index contributed by atoms with van der Waals surface area (Å²) < 4.78 is 2.68. The molecule has 0 N–H and O–H groups in total. The normalized spacial score (nSPS) is 32.6. The van der Waals surface area contributed by atoms with Crippen LogP contribution in [0.15, 0.2) is 35.2 Å². The van der Waals surface area contributed by atoms with Gasteiger partial charge in [0.15, 0.2) is 0 Å². The molecule has 1 aromatic carbocycles. The number of rotatable bonds is 3. The van der Waals surface area contributed by atoms with E-state index in [1.54, 1.807) is 0 Å². The molecular formula is C16H28N2S+2. The third kappa shape index (κ3) is 3.53. The van der Waals surface area contributed by atoms with Crippen LogP contribution in [-0.4, -0.2) is 61.2 Å². The van der Waals surface area contributed by atoms with Gasteiger partial charge >= 0.3 is 0 Å². The molecule has 0 radical (unpaired) electrons. The van der Waals surface area contributed by atoms with Crippen molar-refractivity contribution < 1.29 is 8.97 Å². The molecule has 0 amide bonds. The van der Waals surface area contributed by atoms with Crippen LogP contribution in [0.2, 0.25) is 0 Å². The van der Waals surface area contributed by atoms with E-state index in [4.69, 9.17) is 0 Å². The lowest BCUT2D eigenvalue weighted by Crippen LogP contribution is -2.73. The highest BCUT2D eigenvalue weighted by Gasteiger charge is 2.46. The van der Waals surface area contributed by atoms with Crippen LogP contribution in [0.5, 0.6) is 0 Å². The zero-order valence-electron chi connectivity index (χ0n) is 12.6. The third-order valence-electron chi connectivity index (χ3n) is 4.59. The van der Waals surface area contributed by atoms with E-state index in [9.17, 15) is 0 Å². The first kappa shape index (κ1) is 14.9. The monoisotopic (exact) mass is 280 g/mol. The van der Waals surface area contributed by atoms with Gasteiger partial charge in [0.2, 0.25) is 0 Å². The van der Waals surface area contributed by atoms with Crippen molar-refractivity contribution >= 4 is 11.8 Å². The smallest absolute Gasteiger partial charge is 0.130 e. The van der Waals surface area contributed by atoms with Crippen LogP contribution in [0.3, 0.4) is 0 Å². The maximum Gasteiger partial charge on any atom is 0.130 e. The van der Waals surface area contributed by atoms with Crippen molar-refractivity contribution in [3.8, 4) is 0 Å². The van der Waals surface area contributed by atoms with Crippen LogP contribution >= 0.6 is 11.8 Å². The summed E-state index contributed by atoms with van der Waals surface area (Å²) in [7, 11) is 2.43. The van der Waals surface area contributed by atoms with Crippen molar-refractivity contribution in [2.45, 2.75) is 18.7 Å². The highest BCUT2D eigenvalue weighted by molar-refractivity contribution is 7.99. The van der Waals surface area contributed by atoms with Crippen LogP contribution in [-0.2, 0) is 0 Å². The predicted octanol–water partition coefficient (Wildman–Crippen LogP) is 3.05. The lowest BCUT2D eigenvalue weighted by Gasteiger charge is -2.53. The Kier molecular flexibility index (Phi) is 4.93. The van der Waals surface area contributed by atoms with E-state index in [1.165, 1.54) is 59.0 Å². The van der Waals surface area contributed by atoms with Crippen LogP contribution < -0.4 is 0 Å². The van der Waals surface area contributed by atoms with Gasteiger partial charge in [-0.25, -0.2) is 0 Å². The Morgan fingerprint density at radius 1 is 0.895 bits per heavy atom. The van der Waals surface area contributed by atoms with Gasteiger partial charge in [0.25, 0.3) is 0 Å². The van der Waals surface area contributed by atoms with Crippen LogP contribution in [0.1, 0.15) is 13.8 Å². The number of piperazine rings is 3. The molecule has 3 heteroatoms. The molecule has 2 bridgehead atoms. The largest absolute Gasteiger partial charge is 0.312 e. The molecule has 106 valence electrons. The average molecular weight is 280 g/mol. The fraction of sp³-hybridized carbons (Fsp3) is 0.625. The van der Waals surface area contributed by atoms with Gasteiger partial charge in [0.05, 0.1) is 7.05 Å². The summed E-state index contributed by atoms with van der Waals surface area (Å²) >= 11 is 2.04. The van der Waals surface area contributed by atoms with Crippen LogP contribution in [0, 0.1) is 0 Å². The summed E-state index contributed by atoms with van der Waals surface area (Å²) in [4.78, 5) is 1.42. The average Bonchev–Trinajstić information content (AvgIpc) is 2.50. The van der Waals surface area contributed by atoms with Gasteiger partial charge in [0.1, 0.15) is 45.1 Å². The second-order valence-electron chi connectivity index (χ2n) is 5.89. The van der Waals surface area contributed by atoms with Gasteiger partial charge in [-0.3, -0.25) is 0 Å². The van der Waals surface area contributed by atoms with Crippen molar-refractivity contribution in [3.63, 3.8) is 0 Å². The Morgan fingerprint density at radius 2 is 1.42 bits per heavy atom. The lowest BCUT2D eigenvalue weighted by atomic mass is 10.1. The first-order valence-electron chi connectivity index (χ1n) is 7.56. The number of hydrogen-bond donors (Lipinski definition) is 0. The third-order valence-corrected chi connectivity index (χ3v) is 5.87. The van der Waals surface area contributed by atoms with Crippen LogP contribution in [0.4, 0.5) is 0 Å². The Balaban J connectivity index is 0.000000637. The lowest BCUT2D eigenvalue weighted by molar-refractivity contribution is -1.07. The first-order valence-corrected chi connectivity index (χ1v) is 8.55. The number of benzene rings is 1. The Hall–Kier alpha value is -0.510. The maximum absolute atomic E-state index is 2.43. The molecule has 19 heavy (non-hydrogen) atoms. The summed E-state index contributed by atoms with van der Waals surface area (Å²) in [6, 6.07) is 10.8. The van der Waals surface area contributed by atoms with Gasteiger partial charge in [-0.2, -0.15) is 0 Å². The fourth-order valence-corrected chi connectivity index (χ4v) is 4.11. The molecule has 3 aliphatic heterocycles. The molecule has 4 rings (SSSR count). The molecule has 2 nitrogen and oxygen atoms in total. The number of hydrogen-bond acceptors (Lipinski definition) is 1. The van der Waals surface area contributed by atoms with E-state index in [-0.39, 0.29) is 0 Å². The van der Waals surface area contributed by atoms with Gasteiger partial charge in [-0.05, 0) is 12.1 Å². The number of fused-ring (bicyclic) bond motifs is 3. The SMILES string of the molecule is CC.C[N+]12CC[N+](CSc3ccccc3)(CC1)CC2. The van der Waals surface area contributed by atoms with Crippen molar-refractivity contribution in [1.82, 2.24) is 0 Å². The second-order valence-corrected chi connectivity index (χ2v) is 6.91. The Labute approximate surface area is 122 Å². The van der Waals surface area contributed by atoms with Gasteiger partial charge < -0.3 is 8.97 Å². The molecule has 3 heterocycles. The molecule has 3 aliphatic rings. The summed E-state index contributed by atoms with van der Waals surface area (Å²) in [6.07, 6.45) is 0. The summed E-state index contributed by atoms with van der Waals surface area (Å²) in [5, 5.41) is 0. The number of likely N-dealkylation sites (N-methyl/N-ethyl adjacent to an activating group) is 1. The predicted molar refractivity (Wildman–Crippen MR) is 84.2 cm³/mol. The quantitative estimate of drug-likeness (QED) is 0.606. The minimum absolute atomic E-state index is 1.27. The molecule has 0 saturated carbocycles. The van der Waals surface area contributed by atoms with Gasteiger partial charge in [-0.15, -0.1) is 0 Å². The topological polar surface area (TPSA) is 0 Å². The van der Waals surface area contributed by atoms with E-state index in [2.05, 4.69) is 37.4 Å². The number of nitrogens with zero attached hydrogens (tertiary/aromatic N) is 2. The molecule has 3 saturated heterocycles. The maximum atomic E-state index is 2.43. The molecule has 3 fully saturated rings. The first-order chi connectivity index (χ1) is 9.20. The van der Waals surface area contributed by atoms with Crippen LogP contribution in [0.25, 0.3) is 0 Å². The summed E-state index contributed by atoms with van der Waals surface area (Å²) in [5.41, 5.74) is 0. The minimum Gasteiger partial charge on any atom is -0.312 e. The molecular weight excluding hydrogens is 252 g/mol. The minimum atomic E-state index is 1.27. The standard InChI is InChI=1S/C14H22N2S.C2H6/c1-15-7-10-16(11-8-15,12-9-15)13-17-14-5-3-2-4-6-14;1-2/h2-6H,7-13H2,1H3;1-2H3/q+2;. The molecule has 0 aliphatic carbocycles. The highest BCUT2D eigenvalue weighted by Crippen LogP contribution is 2.29. The zero-order chi connectivity index (χ0) is 13.8. The Morgan fingerprint density at radius 3 is 1.95 bits per heavy atom. The fourth-order valence-electron chi connectivity index (χ4n) is 2.95. The molecule has 0 atom stereocenters. The van der Waals surface area contributed by atoms with Crippen molar-refractivity contribution in [3.05, 3.63) is 30.3 Å². The van der Waals surface area contributed by atoms with E-state index in [0.29, 0.717) is 0 Å². The van der Waals surface area contributed by atoms with E-state index in [1.807, 2.05) is 25.6 Å². The van der Waals surface area contributed by atoms with Crippen molar-refractivity contribution in [1.29, 1.82) is 0 Å². The van der Waals surface area contributed by atoms with E-state index < -0.39 is 0 Å². The molecule has 0 unspecified atom stereocenters. The zero-order valence-corrected chi connectivity index (χ0v) is 13.5.